The van der Waals surface area contributed by atoms with E-state index in [1.165, 1.54) is 15.4 Å². The third kappa shape index (κ3) is 1.51. The summed E-state index contributed by atoms with van der Waals surface area (Å²) >= 11 is 1.77. The molecule has 1 nitrogen and oxygen atoms in total. The van der Waals surface area contributed by atoms with E-state index >= 15 is 0 Å². The zero-order valence-electron chi connectivity index (χ0n) is 8.68. The molecule has 1 aliphatic heterocycles. The minimum Gasteiger partial charge on any atom is -0.398 e. The predicted octanol–water partition coefficient (Wildman–Crippen LogP) is 3.61. The molecule has 2 aromatic rings. The minimum atomic E-state index is 0.841. The summed E-state index contributed by atoms with van der Waals surface area (Å²) in [4.78, 5) is 2.48. The first-order valence-electron chi connectivity index (χ1n) is 5.18. The van der Waals surface area contributed by atoms with Crippen molar-refractivity contribution in [1.82, 2.24) is 0 Å². The molecule has 0 spiro atoms. The molecule has 3 rings (SSSR count). The number of nitrogens with two attached hydrogens (primary N) is 1. The first-order valence-corrected chi connectivity index (χ1v) is 6.00. The summed E-state index contributed by atoms with van der Waals surface area (Å²) in [5, 5.41) is 0. The fourth-order valence-electron chi connectivity index (χ4n) is 1.85. The molecule has 0 fully saturated rings. The second-order valence-corrected chi connectivity index (χ2v) is 4.82. The van der Waals surface area contributed by atoms with Crippen LogP contribution in [0.3, 0.4) is 0 Å². The van der Waals surface area contributed by atoms with Crippen LogP contribution in [0.15, 0.2) is 58.3 Å². The lowest BCUT2D eigenvalue weighted by Gasteiger charge is -2.05. The average molecular weight is 225 g/mol. The van der Waals surface area contributed by atoms with Crippen LogP contribution in [0.25, 0.3) is 11.8 Å². The minimum absolute atomic E-state index is 0.841. The standard InChI is InChI=1S/C14H11NS/c15-12-9-10-5-1-3-7-13(10)16-14-8-4-2-6-11(12)14/h1-9H,15H2. The first-order chi connectivity index (χ1) is 7.84. The van der Waals surface area contributed by atoms with Crippen LogP contribution in [0.2, 0.25) is 0 Å². The van der Waals surface area contributed by atoms with Crippen molar-refractivity contribution < 1.29 is 0 Å². The van der Waals surface area contributed by atoms with Crippen LogP contribution in [0.4, 0.5) is 0 Å². The molecule has 1 heterocycles. The highest BCUT2D eigenvalue weighted by atomic mass is 32.2. The van der Waals surface area contributed by atoms with Crippen molar-refractivity contribution in [1.29, 1.82) is 0 Å². The van der Waals surface area contributed by atoms with Gasteiger partial charge in [-0.25, -0.2) is 0 Å². The third-order valence-electron chi connectivity index (χ3n) is 2.65. The van der Waals surface area contributed by atoms with Gasteiger partial charge in [0.05, 0.1) is 0 Å². The van der Waals surface area contributed by atoms with Gasteiger partial charge in [0.15, 0.2) is 0 Å². The summed E-state index contributed by atoms with van der Waals surface area (Å²) in [5.74, 6) is 0. The maximum atomic E-state index is 6.11. The Bertz CT molecular complexity index is 572. The van der Waals surface area contributed by atoms with Crippen molar-refractivity contribution in [2.24, 2.45) is 5.73 Å². The smallest absolute Gasteiger partial charge is 0.0405 e. The summed E-state index contributed by atoms with van der Waals surface area (Å²) in [6.07, 6.45) is 2.05. The van der Waals surface area contributed by atoms with Gasteiger partial charge in [-0.3, -0.25) is 0 Å². The number of benzene rings is 2. The maximum absolute atomic E-state index is 6.11. The summed E-state index contributed by atoms with van der Waals surface area (Å²) < 4.78 is 0. The molecule has 2 aromatic carbocycles. The van der Waals surface area contributed by atoms with Crippen LogP contribution in [0.5, 0.6) is 0 Å². The Hall–Kier alpha value is -1.67. The molecule has 0 saturated heterocycles. The molecule has 2 N–H and O–H groups in total. The van der Waals surface area contributed by atoms with Gasteiger partial charge < -0.3 is 5.73 Å². The van der Waals surface area contributed by atoms with Gasteiger partial charge in [0, 0.05) is 21.1 Å². The summed E-state index contributed by atoms with van der Waals surface area (Å²) in [6.45, 7) is 0. The first kappa shape index (κ1) is 9.55. The normalized spacial score (nSPS) is 13.4. The van der Waals surface area contributed by atoms with E-state index in [9.17, 15) is 0 Å². The summed E-state index contributed by atoms with van der Waals surface area (Å²) in [7, 11) is 0. The summed E-state index contributed by atoms with van der Waals surface area (Å²) in [6, 6.07) is 16.6. The fraction of sp³-hybridized carbons (Fsp3) is 0. The van der Waals surface area contributed by atoms with E-state index in [0.717, 1.165) is 11.3 Å². The quantitative estimate of drug-likeness (QED) is 0.741. The fourth-order valence-corrected chi connectivity index (χ4v) is 2.92. The lowest BCUT2D eigenvalue weighted by molar-refractivity contribution is 1.37. The molecule has 0 bridgehead atoms. The van der Waals surface area contributed by atoms with Crippen molar-refractivity contribution in [3.05, 3.63) is 59.7 Å². The zero-order valence-corrected chi connectivity index (χ0v) is 9.50. The number of rotatable bonds is 0. The van der Waals surface area contributed by atoms with E-state index in [1.807, 2.05) is 24.3 Å². The maximum Gasteiger partial charge on any atom is 0.0405 e. The van der Waals surface area contributed by atoms with Gasteiger partial charge >= 0.3 is 0 Å². The van der Waals surface area contributed by atoms with Crippen molar-refractivity contribution in [3.63, 3.8) is 0 Å². The SMILES string of the molecule is NC1=Cc2ccccc2Sc2ccccc21. The highest BCUT2D eigenvalue weighted by Gasteiger charge is 2.12. The van der Waals surface area contributed by atoms with Crippen LogP contribution in [0, 0.1) is 0 Å². The van der Waals surface area contributed by atoms with E-state index in [2.05, 4.69) is 30.3 Å². The second-order valence-electron chi connectivity index (χ2n) is 3.74. The molecule has 0 saturated carbocycles. The molecule has 0 aliphatic carbocycles. The van der Waals surface area contributed by atoms with Crippen LogP contribution in [0.1, 0.15) is 11.1 Å². The lowest BCUT2D eigenvalue weighted by atomic mass is 10.1. The van der Waals surface area contributed by atoms with Crippen molar-refractivity contribution in [3.8, 4) is 0 Å². The molecule has 16 heavy (non-hydrogen) atoms. The second kappa shape index (κ2) is 3.72. The molecule has 0 radical (unpaired) electrons. The topological polar surface area (TPSA) is 26.0 Å². The van der Waals surface area contributed by atoms with Crippen molar-refractivity contribution in [2.45, 2.75) is 9.79 Å². The molecule has 78 valence electrons. The number of fused-ring (bicyclic) bond motifs is 2. The van der Waals surface area contributed by atoms with Crippen LogP contribution in [-0.2, 0) is 0 Å². The highest BCUT2D eigenvalue weighted by Crippen LogP contribution is 2.38. The largest absolute Gasteiger partial charge is 0.398 e. The van der Waals surface area contributed by atoms with Crippen molar-refractivity contribution in [2.75, 3.05) is 0 Å². The van der Waals surface area contributed by atoms with E-state index in [0.29, 0.717) is 0 Å². The molecular formula is C14H11NS. The molecule has 0 aromatic heterocycles. The van der Waals surface area contributed by atoms with Gasteiger partial charge in [-0.15, -0.1) is 0 Å². The Labute approximate surface area is 99.0 Å². The Morgan fingerprint density at radius 3 is 2.38 bits per heavy atom. The van der Waals surface area contributed by atoms with Gasteiger partial charge in [-0.05, 0) is 23.8 Å². The lowest BCUT2D eigenvalue weighted by Crippen LogP contribution is -1.95. The van der Waals surface area contributed by atoms with Gasteiger partial charge in [0.1, 0.15) is 0 Å². The molecule has 0 amide bonds. The monoisotopic (exact) mass is 225 g/mol. The van der Waals surface area contributed by atoms with Crippen molar-refractivity contribution >= 4 is 23.5 Å². The van der Waals surface area contributed by atoms with E-state index in [-0.39, 0.29) is 0 Å². The predicted molar refractivity (Wildman–Crippen MR) is 69.1 cm³/mol. The molecule has 0 unspecified atom stereocenters. The third-order valence-corrected chi connectivity index (χ3v) is 3.82. The van der Waals surface area contributed by atoms with Crippen LogP contribution in [-0.4, -0.2) is 0 Å². The van der Waals surface area contributed by atoms with Crippen LogP contribution < -0.4 is 5.73 Å². The molecular weight excluding hydrogens is 214 g/mol. The molecule has 0 atom stereocenters. The molecule has 1 aliphatic rings. The Morgan fingerprint density at radius 2 is 1.50 bits per heavy atom. The van der Waals surface area contributed by atoms with Crippen LogP contribution >= 0.6 is 11.8 Å². The zero-order chi connectivity index (χ0) is 11.0. The van der Waals surface area contributed by atoms with Gasteiger partial charge in [0.2, 0.25) is 0 Å². The highest BCUT2D eigenvalue weighted by molar-refractivity contribution is 7.99. The van der Waals surface area contributed by atoms with E-state index < -0.39 is 0 Å². The Kier molecular flexibility index (Phi) is 2.22. The van der Waals surface area contributed by atoms with Gasteiger partial charge in [-0.2, -0.15) is 0 Å². The van der Waals surface area contributed by atoms with E-state index in [4.69, 9.17) is 5.73 Å². The summed E-state index contributed by atoms with van der Waals surface area (Å²) in [5.41, 5.74) is 9.27. The van der Waals surface area contributed by atoms with Gasteiger partial charge in [0.25, 0.3) is 0 Å². The Balaban J connectivity index is 2.25. The van der Waals surface area contributed by atoms with Gasteiger partial charge in [-0.1, -0.05) is 48.2 Å². The number of hydrogen-bond acceptors (Lipinski definition) is 2. The Morgan fingerprint density at radius 1 is 0.812 bits per heavy atom. The average Bonchev–Trinajstić information content (AvgIpc) is 2.45. The number of hydrogen-bond donors (Lipinski definition) is 1. The van der Waals surface area contributed by atoms with E-state index in [1.54, 1.807) is 11.8 Å². The molecule has 2 heteroatoms.